The van der Waals surface area contributed by atoms with Gasteiger partial charge in [0.05, 0.1) is 0 Å². The van der Waals surface area contributed by atoms with Crippen molar-refractivity contribution >= 4 is 27.5 Å². The summed E-state index contributed by atoms with van der Waals surface area (Å²) in [5, 5.41) is 0.843. The fraction of sp³-hybridized carbons (Fsp3) is 0.333. The van der Waals surface area contributed by atoms with Gasteiger partial charge in [-0.1, -0.05) is 27.5 Å². The number of hydrogen-bond acceptors (Lipinski definition) is 1. The van der Waals surface area contributed by atoms with Gasteiger partial charge in [-0.2, -0.15) is 0 Å². The van der Waals surface area contributed by atoms with Gasteiger partial charge in [-0.3, -0.25) is 0 Å². The van der Waals surface area contributed by atoms with Crippen molar-refractivity contribution in [3.8, 4) is 0 Å². The lowest BCUT2D eigenvalue weighted by molar-refractivity contribution is 0.981. The van der Waals surface area contributed by atoms with E-state index in [2.05, 4.69) is 15.9 Å². The molecule has 0 aromatic carbocycles. The predicted molar refractivity (Wildman–Crippen MR) is 43.3 cm³/mol. The number of nitrogens with two attached hydrogens (primary N) is 1. The first-order valence-electron chi connectivity index (χ1n) is 2.70. The minimum absolute atomic E-state index is 0.756. The molecule has 0 aromatic heterocycles. The van der Waals surface area contributed by atoms with E-state index >= 15 is 0 Å². The lowest BCUT2D eigenvalue weighted by Crippen LogP contribution is -2.00. The van der Waals surface area contributed by atoms with Crippen molar-refractivity contribution in [2.75, 3.05) is 0 Å². The third-order valence-electron chi connectivity index (χ3n) is 1.21. The van der Waals surface area contributed by atoms with E-state index in [0.29, 0.717) is 0 Å². The number of rotatable bonds is 0. The van der Waals surface area contributed by atoms with Crippen LogP contribution in [0.3, 0.4) is 0 Å². The molecule has 1 nitrogen and oxygen atoms in total. The zero-order valence-electron chi connectivity index (χ0n) is 4.82. The highest BCUT2D eigenvalue weighted by molar-refractivity contribution is 9.11. The Labute approximate surface area is 67.7 Å². The number of allylic oxidation sites excluding steroid dienone is 3. The van der Waals surface area contributed by atoms with Crippen molar-refractivity contribution in [2.45, 2.75) is 12.8 Å². The second-order valence-electron chi connectivity index (χ2n) is 1.95. The molecule has 0 heterocycles. The third kappa shape index (κ3) is 1.73. The summed E-state index contributed by atoms with van der Waals surface area (Å²) in [6.07, 6.45) is 3.62. The second-order valence-corrected chi connectivity index (χ2v) is 3.39. The van der Waals surface area contributed by atoms with Crippen molar-refractivity contribution < 1.29 is 0 Å². The van der Waals surface area contributed by atoms with Crippen molar-refractivity contribution in [1.82, 2.24) is 0 Å². The molecule has 1 aliphatic carbocycles. The molecule has 0 bridgehead atoms. The Morgan fingerprint density at radius 3 is 2.67 bits per heavy atom. The molecular weight excluding hydrogens is 201 g/mol. The molecule has 3 heteroatoms. The van der Waals surface area contributed by atoms with Crippen LogP contribution in [0.5, 0.6) is 0 Å². The molecule has 0 atom stereocenters. The van der Waals surface area contributed by atoms with Crippen molar-refractivity contribution in [3.05, 3.63) is 21.3 Å². The van der Waals surface area contributed by atoms with E-state index in [1.165, 1.54) is 0 Å². The van der Waals surface area contributed by atoms with Gasteiger partial charge in [0, 0.05) is 15.2 Å². The van der Waals surface area contributed by atoms with Crippen LogP contribution in [0.15, 0.2) is 21.3 Å². The summed E-state index contributed by atoms with van der Waals surface area (Å²) < 4.78 is 1.06. The minimum atomic E-state index is 0.756. The van der Waals surface area contributed by atoms with Gasteiger partial charge in [0.2, 0.25) is 0 Å². The molecule has 9 heavy (non-hydrogen) atoms. The quantitative estimate of drug-likeness (QED) is 0.650. The minimum Gasteiger partial charge on any atom is -0.398 e. The van der Waals surface area contributed by atoms with Crippen LogP contribution in [0.4, 0.5) is 0 Å². The SMILES string of the molecule is NC1=C(Br)CCC(Cl)=C1. The van der Waals surface area contributed by atoms with Gasteiger partial charge in [-0.05, 0) is 18.9 Å². The average molecular weight is 208 g/mol. The van der Waals surface area contributed by atoms with Crippen LogP contribution in [0.1, 0.15) is 12.8 Å². The highest BCUT2D eigenvalue weighted by Gasteiger charge is 2.05. The monoisotopic (exact) mass is 207 g/mol. The maximum atomic E-state index is 5.70. The van der Waals surface area contributed by atoms with E-state index in [-0.39, 0.29) is 0 Å². The Bertz CT molecular complexity index is 183. The van der Waals surface area contributed by atoms with Gasteiger partial charge in [0.15, 0.2) is 0 Å². The van der Waals surface area contributed by atoms with Gasteiger partial charge in [-0.25, -0.2) is 0 Å². The topological polar surface area (TPSA) is 26.0 Å². The van der Waals surface area contributed by atoms with Crippen LogP contribution in [0, 0.1) is 0 Å². The second kappa shape index (κ2) is 2.76. The van der Waals surface area contributed by atoms with Gasteiger partial charge in [-0.15, -0.1) is 0 Å². The Hall–Kier alpha value is 0.0500. The Balaban J connectivity index is 2.83. The van der Waals surface area contributed by atoms with Gasteiger partial charge in [0.1, 0.15) is 0 Å². The summed E-state index contributed by atoms with van der Waals surface area (Å²) in [4.78, 5) is 0. The van der Waals surface area contributed by atoms with Crippen LogP contribution in [0.2, 0.25) is 0 Å². The molecule has 2 N–H and O–H groups in total. The van der Waals surface area contributed by atoms with E-state index in [1.807, 2.05) is 0 Å². The lowest BCUT2D eigenvalue weighted by atomic mass is 10.1. The molecule has 0 saturated heterocycles. The molecule has 1 rings (SSSR count). The molecule has 50 valence electrons. The largest absolute Gasteiger partial charge is 0.398 e. The van der Waals surface area contributed by atoms with Crippen LogP contribution in [0.25, 0.3) is 0 Å². The first-order chi connectivity index (χ1) is 4.20. The van der Waals surface area contributed by atoms with Crippen molar-refractivity contribution in [3.63, 3.8) is 0 Å². The normalized spacial score (nSPS) is 20.0. The first-order valence-corrected chi connectivity index (χ1v) is 3.87. The van der Waals surface area contributed by atoms with Gasteiger partial charge >= 0.3 is 0 Å². The summed E-state index contributed by atoms with van der Waals surface area (Å²) in [5.41, 5.74) is 6.30. The zero-order chi connectivity index (χ0) is 6.85. The van der Waals surface area contributed by atoms with Gasteiger partial charge < -0.3 is 5.73 Å². The van der Waals surface area contributed by atoms with Crippen LogP contribution in [-0.4, -0.2) is 0 Å². The van der Waals surface area contributed by atoms with E-state index < -0.39 is 0 Å². The molecule has 0 aliphatic heterocycles. The molecule has 0 unspecified atom stereocenters. The Morgan fingerprint density at radius 1 is 1.56 bits per heavy atom. The van der Waals surface area contributed by atoms with E-state index in [9.17, 15) is 0 Å². The highest BCUT2D eigenvalue weighted by atomic mass is 79.9. The molecule has 0 radical (unpaired) electrons. The molecular formula is C6H7BrClN. The van der Waals surface area contributed by atoms with Crippen molar-refractivity contribution in [1.29, 1.82) is 0 Å². The van der Waals surface area contributed by atoms with Crippen LogP contribution >= 0.6 is 27.5 Å². The fourth-order valence-corrected chi connectivity index (χ4v) is 1.22. The average Bonchev–Trinajstić information content (AvgIpc) is 1.80. The first kappa shape index (κ1) is 7.16. The molecule has 0 amide bonds. The maximum Gasteiger partial charge on any atom is 0.0428 e. The summed E-state index contributed by atoms with van der Waals surface area (Å²) in [5.74, 6) is 0. The van der Waals surface area contributed by atoms with Crippen LogP contribution in [-0.2, 0) is 0 Å². The molecule has 1 aliphatic rings. The van der Waals surface area contributed by atoms with E-state index in [0.717, 1.165) is 28.1 Å². The van der Waals surface area contributed by atoms with E-state index in [4.69, 9.17) is 17.3 Å². The summed E-state index contributed by atoms with van der Waals surface area (Å²) in [7, 11) is 0. The van der Waals surface area contributed by atoms with Gasteiger partial charge in [0.25, 0.3) is 0 Å². The molecule has 0 aromatic rings. The Morgan fingerprint density at radius 2 is 2.22 bits per heavy atom. The summed E-state index contributed by atoms with van der Waals surface area (Å²) >= 11 is 9.04. The third-order valence-corrected chi connectivity index (χ3v) is 2.36. The summed E-state index contributed by atoms with van der Waals surface area (Å²) in [6.45, 7) is 0. The molecule has 0 fully saturated rings. The zero-order valence-corrected chi connectivity index (χ0v) is 7.17. The molecule has 0 spiro atoms. The van der Waals surface area contributed by atoms with E-state index in [1.54, 1.807) is 6.08 Å². The lowest BCUT2D eigenvalue weighted by Gasteiger charge is -2.08. The predicted octanol–water partition coefficient (Wildman–Crippen LogP) is 2.47. The standard InChI is InChI=1S/C6H7BrClN/c7-5-2-1-4(8)3-6(5)9/h3H,1-2,9H2. The number of hydrogen-bond donors (Lipinski definition) is 1. The maximum absolute atomic E-state index is 5.70. The Kier molecular flexibility index (Phi) is 2.19. The fourth-order valence-electron chi connectivity index (χ4n) is 0.693. The highest BCUT2D eigenvalue weighted by Crippen LogP contribution is 2.26. The van der Waals surface area contributed by atoms with Crippen LogP contribution < -0.4 is 5.73 Å². The summed E-state index contributed by atoms with van der Waals surface area (Å²) in [6, 6.07) is 0. The number of halogens is 2. The molecule has 0 saturated carbocycles. The van der Waals surface area contributed by atoms with Crippen molar-refractivity contribution in [2.24, 2.45) is 5.73 Å². The smallest absolute Gasteiger partial charge is 0.0428 e.